The molecule has 4 heteroatoms. The highest BCUT2D eigenvalue weighted by atomic mass is 16.5. The van der Waals surface area contributed by atoms with Crippen molar-refractivity contribution in [1.82, 2.24) is 15.2 Å². The molecule has 0 saturated carbocycles. The summed E-state index contributed by atoms with van der Waals surface area (Å²) in [6.45, 7) is 9.13. The summed E-state index contributed by atoms with van der Waals surface area (Å²) in [5.74, 6) is 0.983. The van der Waals surface area contributed by atoms with E-state index in [4.69, 9.17) is 4.74 Å². The van der Waals surface area contributed by atoms with Gasteiger partial charge in [0.05, 0.1) is 6.61 Å². The Bertz CT molecular complexity index is 448. The highest BCUT2D eigenvalue weighted by Gasteiger charge is 2.20. The third kappa shape index (κ3) is 4.97. The molecule has 1 aromatic heterocycles. The Balaban J connectivity index is 1.89. The molecule has 0 aliphatic carbocycles. The normalized spacial score (nSPS) is 19.4. The van der Waals surface area contributed by atoms with Gasteiger partial charge < -0.3 is 15.0 Å². The summed E-state index contributed by atoms with van der Waals surface area (Å²) in [6.07, 6.45) is 5.66. The number of pyridine rings is 1. The Hall–Kier alpha value is -1.13. The molecule has 1 saturated heterocycles. The second-order valence-electron chi connectivity index (χ2n) is 6.38. The van der Waals surface area contributed by atoms with Gasteiger partial charge in [-0.05, 0) is 39.8 Å². The van der Waals surface area contributed by atoms with E-state index in [9.17, 15) is 0 Å². The molecule has 1 aliphatic heterocycles. The first-order valence-corrected chi connectivity index (χ1v) is 8.08. The van der Waals surface area contributed by atoms with Crippen molar-refractivity contribution >= 4 is 0 Å². The molecule has 0 amide bonds. The van der Waals surface area contributed by atoms with Crippen LogP contribution >= 0.6 is 0 Å². The number of aromatic nitrogens is 1. The van der Waals surface area contributed by atoms with E-state index in [2.05, 4.69) is 42.2 Å². The molecule has 0 radical (unpaired) electrons. The Kier molecular flexibility index (Phi) is 6.00. The standard InChI is InChI=1S/C17H29N3O/c1-13(2)18-11-15-12-19-14(3)10-17(15)21-9-7-16-6-5-8-20(16)4/h10,12-13,16,18H,5-9,11H2,1-4H3. The van der Waals surface area contributed by atoms with Gasteiger partial charge in [0, 0.05) is 42.1 Å². The zero-order valence-electron chi connectivity index (χ0n) is 13.9. The van der Waals surface area contributed by atoms with Crippen molar-refractivity contribution in [2.45, 2.75) is 58.7 Å². The summed E-state index contributed by atoms with van der Waals surface area (Å²) >= 11 is 0. The molecule has 1 unspecified atom stereocenters. The van der Waals surface area contributed by atoms with Crippen LogP contribution < -0.4 is 10.1 Å². The fourth-order valence-electron chi connectivity index (χ4n) is 2.79. The van der Waals surface area contributed by atoms with E-state index in [-0.39, 0.29) is 0 Å². The van der Waals surface area contributed by atoms with Crippen molar-refractivity contribution in [1.29, 1.82) is 0 Å². The minimum absolute atomic E-state index is 0.464. The molecular formula is C17H29N3O. The number of hydrogen-bond donors (Lipinski definition) is 1. The van der Waals surface area contributed by atoms with E-state index in [1.54, 1.807) is 0 Å². The largest absolute Gasteiger partial charge is 0.493 e. The lowest BCUT2D eigenvalue weighted by atomic mass is 10.1. The topological polar surface area (TPSA) is 37.4 Å². The third-order valence-corrected chi connectivity index (χ3v) is 4.16. The van der Waals surface area contributed by atoms with Crippen LogP contribution in [-0.4, -0.2) is 42.2 Å². The maximum atomic E-state index is 6.05. The van der Waals surface area contributed by atoms with Gasteiger partial charge in [-0.1, -0.05) is 13.8 Å². The molecule has 1 atom stereocenters. The number of nitrogens with one attached hydrogen (secondary N) is 1. The molecule has 1 fully saturated rings. The average Bonchev–Trinajstić information content (AvgIpc) is 2.83. The molecule has 0 bridgehead atoms. The smallest absolute Gasteiger partial charge is 0.127 e. The van der Waals surface area contributed by atoms with Crippen molar-refractivity contribution in [3.05, 3.63) is 23.5 Å². The first-order valence-electron chi connectivity index (χ1n) is 8.08. The lowest BCUT2D eigenvalue weighted by molar-refractivity contribution is 0.231. The molecular weight excluding hydrogens is 262 g/mol. The number of ether oxygens (including phenoxy) is 1. The summed E-state index contributed by atoms with van der Waals surface area (Å²) in [5, 5.41) is 3.43. The summed E-state index contributed by atoms with van der Waals surface area (Å²) in [7, 11) is 2.21. The van der Waals surface area contributed by atoms with Gasteiger partial charge in [0.15, 0.2) is 0 Å². The zero-order valence-corrected chi connectivity index (χ0v) is 13.9. The van der Waals surface area contributed by atoms with Crippen LogP contribution in [0, 0.1) is 6.92 Å². The molecule has 0 aromatic carbocycles. The van der Waals surface area contributed by atoms with Crippen LogP contribution in [0.25, 0.3) is 0 Å². The summed E-state index contributed by atoms with van der Waals surface area (Å²) in [4.78, 5) is 6.83. The molecule has 21 heavy (non-hydrogen) atoms. The van der Waals surface area contributed by atoms with Crippen molar-refractivity contribution in [3.63, 3.8) is 0 Å². The van der Waals surface area contributed by atoms with Crippen molar-refractivity contribution in [3.8, 4) is 5.75 Å². The Morgan fingerprint density at radius 2 is 2.29 bits per heavy atom. The van der Waals surface area contributed by atoms with Crippen molar-refractivity contribution < 1.29 is 4.74 Å². The molecule has 2 heterocycles. The molecule has 4 nitrogen and oxygen atoms in total. The molecule has 2 rings (SSSR count). The highest BCUT2D eigenvalue weighted by molar-refractivity contribution is 5.32. The summed E-state index contributed by atoms with van der Waals surface area (Å²) < 4.78 is 6.05. The number of likely N-dealkylation sites (tertiary alicyclic amines) is 1. The molecule has 118 valence electrons. The van der Waals surface area contributed by atoms with E-state index in [0.29, 0.717) is 12.1 Å². The molecule has 1 N–H and O–H groups in total. The van der Waals surface area contributed by atoms with Crippen LogP contribution in [0.3, 0.4) is 0 Å². The van der Waals surface area contributed by atoms with Gasteiger partial charge in [-0.25, -0.2) is 0 Å². The van der Waals surface area contributed by atoms with Crippen LogP contribution in [0.15, 0.2) is 12.3 Å². The van der Waals surface area contributed by atoms with Crippen LogP contribution in [0.5, 0.6) is 5.75 Å². The Morgan fingerprint density at radius 1 is 1.48 bits per heavy atom. The Labute approximate surface area is 128 Å². The van der Waals surface area contributed by atoms with Gasteiger partial charge in [0.1, 0.15) is 5.75 Å². The van der Waals surface area contributed by atoms with Gasteiger partial charge in [-0.15, -0.1) is 0 Å². The predicted molar refractivity (Wildman–Crippen MR) is 86.7 cm³/mol. The fourth-order valence-corrected chi connectivity index (χ4v) is 2.79. The van der Waals surface area contributed by atoms with Gasteiger partial charge in [-0.2, -0.15) is 0 Å². The van der Waals surface area contributed by atoms with E-state index in [0.717, 1.165) is 36.6 Å². The first-order chi connectivity index (χ1) is 10.1. The maximum absolute atomic E-state index is 6.05. The minimum Gasteiger partial charge on any atom is -0.493 e. The maximum Gasteiger partial charge on any atom is 0.127 e. The van der Waals surface area contributed by atoms with Gasteiger partial charge >= 0.3 is 0 Å². The van der Waals surface area contributed by atoms with Crippen molar-refractivity contribution in [2.75, 3.05) is 20.2 Å². The lowest BCUT2D eigenvalue weighted by Gasteiger charge is -2.20. The lowest BCUT2D eigenvalue weighted by Crippen LogP contribution is -2.26. The summed E-state index contributed by atoms with van der Waals surface area (Å²) in [6, 6.07) is 3.20. The second kappa shape index (κ2) is 7.76. The average molecular weight is 291 g/mol. The van der Waals surface area contributed by atoms with Crippen LogP contribution in [0.4, 0.5) is 0 Å². The Morgan fingerprint density at radius 3 is 2.95 bits per heavy atom. The van der Waals surface area contributed by atoms with Gasteiger partial charge in [0.2, 0.25) is 0 Å². The number of rotatable bonds is 7. The number of nitrogens with zero attached hydrogens (tertiary/aromatic N) is 2. The highest BCUT2D eigenvalue weighted by Crippen LogP contribution is 2.21. The van der Waals surface area contributed by atoms with Crippen LogP contribution in [0.2, 0.25) is 0 Å². The predicted octanol–water partition coefficient (Wildman–Crippen LogP) is 2.75. The van der Waals surface area contributed by atoms with Crippen molar-refractivity contribution in [2.24, 2.45) is 0 Å². The van der Waals surface area contributed by atoms with E-state index < -0.39 is 0 Å². The van der Waals surface area contributed by atoms with E-state index in [1.807, 2.05) is 13.1 Å². The fraction of sp³-hybridized carbons (Fsp3) is 0.706. The van der Waals surface area contributed by atoms with Crippen LogP contribution in [-0.2, 0) is 6.54 Å². The first kappa shape index (κ1) is 16.2. The quantitative estimate of drug-likeness (QED) is 0.838. The SMILES string of the molecule is Cc1cc(OCCC2CCCN2C)c(CNC(C)C)cn1. The molecule has 1 aromatic rings. The third-order valence-electron chi connectivity index (χ3n) is 4.16. The number of aryl methyl sites for hydroxylation is 1. The minimum atomic E-state index is 0.464. The van der Waals surface area contributed by atoms with E-state index in [1.165, 1.54) is 19.4 Å². The molecule has 0 spiro atoms. The summed E-state index contributed by atoms with van der Waals surface area (Å²) in [5.41, 5.74) is 2.16. The van der Waals surface area contributed by atoms with Crippen LogP contribution in [0.1, 0.15) is 44.4 Å². The van der Waals surface area contributed by atoms with E-state index >= 15 is 0 Å². The van der Waals surface area contributed by atoms with Gasteiger partial charge in [-0.3, -0.25) is 4.98 Å². The second-order valence-corrected chi connectivity index (χ2v) is 6.38. The number of hydrogen-bond acceptors (Lipinski definition) is 4. The molecule has 1 aliphatic rings. The monoisotopic (exact) mass is 291 g/mol. The van der Waals surface area contributed by atoms with Gasteiger partial charge in [0.25, 0.3) is 0 Å². The zero-order chi connectivity index (χ0) is 15.2.